The predicted molar refractivity (Wildman–Crippen MR) is 111 cm³/mol. The molecule has 0 aliphatic carbocycles. The van der Waals surface area contributed by atoms with E-state index >= 15 is 0 Å². The Bertz CT molecular complexity index is 1250. The maximum absolute atomic E-state index is 13.1. The monoisotopic (exact) mass is 407 g/mol. The summed E-state index contributed by atoms with van der Waals surface area (Å²) in [6.45, 7) is 1.99. The molecule has 146 valence electrons. The van der Waals surface area contributed by atoms with E-state index in [2.05, 4.69) is 15.5 Å². The van der Waals surface area contributed by atoms with Gasteiger partial charge in [0.15, 0.2) is 0 Å². The number of amides is 1. The molecule has 0 aliphatic rings. The second kappa shape index (κ2) is 7.89. The van der Waals surface area contributed by atoms with Gasteiger partial charge in [-0.05, 0) is 30.7 Å². The summed E-state index contributed by atoms with van der Waals surface area (Å²) in [4.78, 5) is 25.4. The summed E-state index contributed by atoms with van der Waals surface area (Å²) in [7, 11) is 0. The number of nitrogens with one attached hydrogen (secondary N) is 1. The highest BCUT2D eigenvalue weighted by Gasteiger charge is 2.16. The van der Waals surface area contributed by atoms with Gasteiger partial charge in [-0.2, -0.15) is 10.2 Å². The number of hydrogen-bond donors (Lipinski definition) is 1. The molecule has 7 nitrogen and oxygen atoms in total. The van der Waals surface area contributed by atoms with Crippen molar-refractivity contribution >= 4 is 28.4 Å². The standard InChI is InChI=1S/C21H18ClN5O2/c1-14-18-12-24-27(17-9-5-8-16(22)10-17)20(18)21(29)26(25-14)13-19(28)23-11-15-6-3-2-4-7-15/h2-10,12H,11,13H2,1H3,(H,23,28). The van der Waals surface area contributed by atoms with Gasteiger partial charge >= 0.3 is 0 Å². The highest BCUT2D eigenvalue weighted by molar-refractivity contribution is 6.30. The van der Waals surface area contributed by atoms with Gasteiger partial charge in [-0.25, -0.2) is 9.36 Å². The van der Waals surface area contributed by atoms with E-state index in [9.17, 15) is 9.59 Å². The molecule has 0 saturated heterocycles. The topological polar surface area (TPSA) is 81.8 Å². The molecule has 0 bridgehead atoms. The average Bonchev–Trinajstić information content (AvgIpc) is 3.17. The molecule has 0 saturated carbocycles. The number of carbonyl (C=O) groups is 1. The third-order valence-electron chi connectivity index (χ3n) is 4.55. The van der Waals surface area contributed by atoms with Crippen molar-refractivity contribution in [1.82, 2.24) is 24.9 Å². The fourth-order valence-corrected chi connectivity index (χ4v) is 3.31. The van der Waals surface area contributed by atoms with Crippen LogP contribution in [0.25, 0.3) is 16.6 Å². The smallest absolute Gasteiger partial charge is 0.293 e. The zero-order chi connectivity index (χ0) is 20.4. The lowest BCUT2D eigenvalue weighted by Gasteiger charge is -2.09. The lowest BCUT2D eigenvalue weighted by molar-refractivity contribution is -0.122. The molecular weight excluding hydrogens is 390 g/mol. The zero-order valence-electron chi connectivity index (χ0n) is 15.7. The largest absolute Gasteiger partial charge is 0.350 e. The number of rotatable bonds is 5. The molecule has 29 heavy (non-hydrogen) atoms. The third-order valence-corrected chi connectivity index (χ3v) is 4.78. The number of hydrogen-bond acceptors (Lipinski definition) is 4. The van der Waals surface area contributed by atoms with Crippen LogP contribution in [0.2, 0.25) is 5.02 Å². The van der Waals surface area contributed by atoms with E-state index in [1.807, 2.05) is 36.4 Å². The summed E-state index contributed by atoms with van der Waals surface area (Å²) in [6.07, 6.45) is 1.60. The van der Waals surface area contributed by atoms with Crippen molar-refractivity contribution in [2.45, 2.75) is 20.0 Å². The number of aromatic nitrogens is 4. The minimum absolute atomic E-state index is 0.177. The van der Waals surface area contributed by atoms with Gasteiger partial charge in [0.2, 0.25) is 5.91 Å². The van der Waals surface area contributed by atoms with E-state index in [0.717, 1.165) is 5.56 Å². The van der Waals surface area contributed by atoms with E-state index in [4.69, 9.17) is 11.6 Å². The molecule has 4 aromatic rings. The van der Waals surface area contributed by atoms with Crippen LogP contribution in [-0.4, -0.2) is 25.5 Å². The molecule has 4 rings (SSSR count). The van der Waals surface area contributed by atoms with E-state index in [-0.39, 0.29) is 12.5 Å². The van der Waals surface area contributed by atoms with Crippen LogP contribution >= 0.6 is 11.6 Å². The normalized spacial score (nSPS) is 11.0. The predicted octanol–water partition coefficient (Wildman–Crippen LogP) is 2.86. The van der Waals surface area contributed by atoms with Gasteiger partial charge in [0, 0.05) is 17.0 Å². The molecule has 0 aliphatic heterocycles. The van der Waals surface area contributed by atoms with Gasteiger partial charge in [0.05, 0.1) is 17.6 Å². The molecule has 1 N–H and O–H groups in total. The van der Waals surface area contributed by atoms with Crippen molar-refractivity contribution in [2.75, 3.05) is 0 Å². The molecule has 0 atom stereocenters. The van der Waals surface area contributed by atoms with Crippen molar-refractivity contribution in [3.05, 3.63) is 87.4 Å². The van der Waals surface area contributed by atoms with Crippen LogP contribution in [0.3, 0.4) is 0 Å². The Hall–Kier alpha value is -3.45. The lowest BCUT2D eigenvalue weighted by atomic mass is 10.2. The van der Waals surface area contributed by atoms with Gasteiger partial charge in [0.1, 0.15) is 12.1 Å². The fraction of sp³-hybridized carbons (Fsp3) is 0.143. The Morgan fingerprint density at radius 1 is 1.14 bits per heavy atom. The van der Waals surface area contributed by atoms with Crippen LogP contribution in [0.4, 0.5) is 0 Å². The van der Waals surface area contributed by atoms with Crippen LogP contribution in [0.5, 0.6) is 0 Å². The van der Waals surface area contributed by atoms with Crippen molar-refractivity contribution < 1.29 is 4.79 Å². The zero-order valence-corrected chi connectivity index (χ0v) is 16.4. The fourth-order valence-electron chi connectivity index (χ4n) is 3.12. The molecule has 2 aromatic heterocycles. The first-order chi connectivity index (χ1) is 14.0. The molecule has 0 fully saturated rings. The Labute approximate surface area is 171 Å². The van der Waals surface area contributed by atoms with E-state index in [1.54, 1.807) is 31.3 Å². The quantitative estimate of drug-likeness (QED) is 0.551. The Morgan fingerprint density at radius 3 is 2.69 bits per heavy atom. The number of benzene rings is 2. The van der Waals surface area contributed by atoms with Crippen molar-refractivity contribution in [1.29, 1.82) is 0 Å². The third kappa shape index (κ3) is 3.90. The van der Waals surface area contributed by atoms with Gasteiger partial charge in [0.25, 0.3) is 5.56 Å². The van der Waals surface area contributed by atoms with Crippen LogP contribution in [0.1, 0.15) is 11.3 Å². The van der Waals surface area contributed by atoms with Crippen molar-refractivity contribution in [3.63, 3.8) is 0 Å². The van der Waals surface area contributed by atoms with Crippen LogP contribution in [0.15, 0.2) is 65.6 Å². The van der Waals surface area contributed by atoms with E-state index in [0.29, 0.717) is 33.9 Å². The first-order valence-electron chi connectivity index (χ1n) is 9.05. The SMILES string of the molecule is Cc1nn(CC(=O)NCc2ccccc2)c(=O)c2c1cnn2-c1cccc(Cl)c1. The summed E-state index contributed by atoms with van der Waals surface area (Å²) in [6, 6.07) is 16.6. The Balaban J connectivity index is 1.65. The van der Waals surface area contributed by atoms with E-state index < -0.39 is 5.56 Å². The second-order valence-electron chi connectivity index (χ2n) is 6.61. The van der Waals surface area contributed by atoms with Gasteiger partial charge < -0.3 is 5.32 Å². The van der Waals surface area contributed by atoms with Crippen molar-refractivity contribution in [3.8, 4) is 5.69 Å². The summed E-state index contributed by atoms with van der Waals surface area (Å²) in [5.74, 6) is -0.295. The highest BCUT2D eigenvalue weighted by atomic mass is 35.5. The minimum Gasteiger partial charge on any atom is -0.350 e. The van der Waals surface area contributed by atoms with E-state index in [1.165, 1.54) is 9.36 Å². The summed E-state index contributed by atoms with van der Waals surface area (Å²) in [5, 5.41) is 12.6. The number of halogens is 1. The summed E-state index contributed by atoms with van der Waals surface area (Å²) in [5.41, 5.74) is 2.22. The lowest BCUT2D eigenvalue weighted by Crippen LogP contribution is -2.34. The first-order valence-corrected chi connectivity index (χ1v) is 9.43. The Morgan fingerprint density at radius 2 is 1.93 bits per heavy atom. The highest BCUT2D eigenvalue weighted by Crippen LogP contribution is 2.19. The minimum atomic E-state index is -0.391. The molecule has 8 heteroatoms. The molecular formula is C21H18ClN5O2. The molecule has 1 amide bonds. The molecule has 2 heterocycles. The molecule has 0 radical (unpaired) electrons. The van der Waals surface area contributed by atoms with Crippen LogP contribution < -0.4 is 10.9 Å². The maximum atomic E-state index is 13.1. The van der Waals surface area contributed by atoms with Gasteiger partial charge in [-0.1, -0.05) is 48.0 Å². The molecule has 0 unspecified atom stereocenters. The second-order valence-corrected chi connectivity index (χ2v) is 7.05. The van der Waals surface area contributed by atoms with Crippen LogP contribution in [-0.2, 0) is 17.9 Å². The maximum Gasteiger partial charge on any atom is 0.293 e. The Kier molecular flexibility index (Phi) is 5.14. The first kappa shape index (κ1) is 18.9. The van der Waals surface area contributed by atoms with Gasteiger partial charge in [-0.3, -0.25) is 9.59 Å². The summed E-state index contributed by atoms with van der Waals surface area (Å²) >= 11 is 6.08. The average molecular weight is 408 g/mol. The molecule has 2 aromatic carbocycles. The summed E-state index contributed by atoms with van der Waals surface area (Å²) < 4.78 is 2.69. The number of carbonyl (C=O) groups excluding carboxylic acids is 1. The van der Waals surface area contributed by atoms with Crippen molar-refractivity contribution in [2.24, 2.45) is 0 Å². The van der Waals surface area contributed by atoms with Gasteiger partial charge in [-0.15, -0.1) is 0 Å². The van der Waals surface area contributed by atoms with Crippen LogP contribution in [0, 0.1) is 6.92 Å². The molecule has 0 spiro atoms. The number of nitrogens with zero attached hydrogens (tertiary/aromatic N) is 4. The number of aryl methyl sites for hydroxylation is 1. The number of fused-ring (bicyclic) bond motifs is 1.